The molecule has 2 saturated heterocycles. The van der Waals surface area contributed by atoms with Gasteiger partial charge in [-0.15, -0.1) is 0 Å². The van der Waals surface area contributed by atoms with Gasteiger partial charge in [-0.1, -0.05) is 44.5 Å². The molecule has 0 saturated carbocycles. The lowest BCUT2D eigenvalue weighted by Crippen LogP contribution is -2.36. The van der Waals surface area contributed by atoms with Crippen LogP contribution in [0.1, 0.15) is 31.4 Å². The Morgan fingerprint density at radius 1 is 0.587 bits per heavy atom. The zero-order valence-corrected chi connectivity index (χ0v) is 43.2. The Bertz CT molecular complexity index is 3480. The van der Waals surface area contributed by atoms with E-state index in [-0.39, 0.29) is 27.6 Å². The molecule has 11 rings (SSSR count). The molecule has 2 fully saturated rings. The summed E-state index contributed by atoms with van der Waals surface area (Å²) in [5.74, 6) is -1.18. The summed E-state index contributed by atoms with van der Waals surface area (Å²) in [5, 5.41) is 17.3. The smallest absolute Gasteiger partial charge is 0.137 e. The van der Waals surface area contributed by atoms with E-state index >= 15 is 8.78 Å². The highest BCUT2D eigenvalue weighted by Gasteiger charge is 2.24. The number of fused-ring (bicyclic) bond motifs is 2. The number of halogens is 5. The molecule has 3 aromatic carbocycles. The maximum atomic E-state index is 15.4. The maximum absolute atomic E-state index is 15.4. The summed E-state index contributed by atoms with van der Waals surface area (Å²) in [4.78, 5) is 31.4. The third kappa shape index (κ3) is 11.8. The van der Waals surface area contributed by atoms with E-state index in [0.29, 0.717) is 106 Å². The van der Waals surface area contributed by atoms with Crippen LogP contribution in [-0.2, 0) is 9.47 Å². The fourth-order valence-electron chi connectivity index (χ4n) is 8.80. The number of phenolic OH excluding ortho intramolecular Hbond substituents is 1. The summed E-state index contributed by atoms with van der Waals surface area (Å²) in [6, 6.07) is 25.7. The molecule has 0 unspecified atom stereocenters. The van der Waals surface area contributed by atoms with Gasteiger partial charge >= 0.3 is 0 Å². The van der Waals surface area contributed by atoms with E-state index in [4.69, 9.17) is 14.5 Å². The van der Waals surface area contributed by atoms with E-state index in [9.17, 15) is 13.9 Å². The highest BCUT2D eigenvalue weighted by Crippen LogP contribution is 2.42. The average molecular weight is 1080 g/mol. The number of hydrogen-bond acceptors (Lipinski definition) is 13. The number of benzene rings is 3. The van der Waals surface area contributed by atoms with Gasteiger partial charge < -0.3 is 35.0 Å². The van der Waals surface area contributed by atoms with Gasteiger partial charge in [0, 0.05) is 104 Å². The van der Waals surface area contributed by atoms with Crippen molar-refractivity contribution in [3.8, 4) is 39.7 Å². The Labute approximate surface area is 439 Å². The first kappa shape index (κ1) is 52.1. The number of pyridine rings is 6. The number of morpholine rings is 2. The summed E-state index contributed by atoms with van der Waals surface area (Å²) in [7, 11) is 0. The number of phenols is 1. The molecule has 0 atom stereocenters. The quantitative estimate of drug-likeness (QED) is 0.118. The van der Waals surface area contributed by atoms with Gasteiger partial charge in [0.15, 0.2) is 0 Å². The Morgan fingerprint density at radius 3 is 1.55 bits per heavy atom. The minimum Gasteiger partial charge on any atom is -0.508 e. The molecular formula is C57H53BrF4N10O3. The largest absolute Gasteiger partial charge is 0.508 e. The molecule has 75 heavy (non-hydrogen) atoms. The molecule has 8 heterocycles. The average Bonchev–Trinajstić information content (AvgIpc) is 3.42. The van der Waals surface area contributed by atoms with Crippen molar-refractivity contribution in [2.24, 2.45) is 0 Å². The first-order valence-electron chi connectivity index (χ1n) is 24.5. The summed E-state index contributed by atoms with van der Waals surface area (Å²) in [5.41, 5.74) is 7.71. The van der Waals surface area contributed by atoms with Crippen LogP contribution in [0.25, 0.3) is 55.7 Å². The van der Waals surface area contributed by atoms with Crippen molar-refractivity contribution in [3.05, 3.63) is 161 Å². The van der Waals surface area contributed by atoms with E-state index in [0.717, 1.165) is 42.4 Å². The second kappa shape index (κ2) is 23.6. The van der Waals surface area contributed by atoms with Gasteiger partial charge in [0.1, 0.15) is 40.7 Å². The van der Waals surface area contributed by atoms with Gasteiger partial charge in [0.2, 0.25) is 0 Å². The molecule has 2 aliphatic rings. The van der Waals surface area contributed by atoms with Crippen molar-refractivity contribution in [2.75, 3.05) is 73.0 Å². The Hall–Kier alpha value is -7.80. The van der Waals surface area contributed by atoms with Gasteiger partial charge in [-0.2, -0.15) is 0 Å². The van der Waals surface area contributed by atoms with Crippen LogP contribution in [0, 0.1) is 37.1 Å². The van der Waals surface area contributed by atoms with Crippen LogP contribution in [-0.4, -0.2) is 87.6 Å². The third-order valence-electron chi connectivity index (χ3n) is 12.4. The standard InChI is InChI=1S/C30H25F2N5O2.C24H20BrF2N5O.C3H8/c1-18-29(24-7-2-3-8-33-24)36-26-15-20(31)14-23(32)28(26)30(18)35-25-16-27(37-9-11-39-12-10-37)34-17-22(25)19-5-4-6-21(38)13-19;1-14-23(18-4-2-3-5-28-18)31-20-11-15(26)10-17(27)22(20)24(14)30-19-12-21(29-13-16(19)25)32-6-8-33-9-7-32;1-3-2/h2-8,13-17,38H,9-12H2,1H3,(H,34,35,36);2-5,10-13H,6-9H2,1H3,(H,29,30,31);3H2,1-2H3. The van der Waals surface area contributed by atoms with Gasteiger partial charge in [-0.25, -0.2) is 37.5 Å². The van der Waals surface area contributed by atoms with E-state index < -0.39 is 23.3 Å². The second-order valence-electron chi connectivity index (χ2n) is 17.7. The number of aromatic hydroxyl groups is 1. The van der Waals surface area contributed by atoms with E-state index in [2.05, 4.69) is 75.1 Å². The number of anilines is 6. The van der Waals surface area contributed by atoms with E-state index in [1.165, 1.54) is 18.6 Å². The molecule has 6 aromatic heterocycles. The molecule has 13 nitrogen and oxygen atoms in total. The van der Waals surface area contributed by atoms with Crippen molar-refractivity contribution in [3.63, 3.8) is 0 Å². The topological polar surface area (TPSA) is 147 Å². The third-order valence-corrected chi connectivity index (χ3v) is 13.0. The first-order chi connectivity index (χ1) is 36.4. The van der Waals surface area contributed by atoms with Crippen molar-refractivity contribution in [1.82, 2.24) is 29.9 Å². The molecule has 384 valence electrons. The SMILES string of the molecule is CCC.Cc1c(-c2ccccn2)nc2cc(F)cc(F)c2c1Nc1cc(N2CCOCC2)ncc1-c1cccc(O)c1.Cc1c(-c2ccccn2)nc2cc(F)cc(F)c2c1Nc1cc(N2CCOCC2)ncc1Br. The monoisotopic (exact) mass is 1080 g/mol. The second-order valence-corrected chi connectivity index (χ2v) is 18.6. The zero-order chi connectivity index (χ0) is 52.6. The van der Waals surface area contributed by atoms with Gasteiger partial charge in [-0.3, -0.25) is 9.97 Å². The number of nitrogens with zero attached hydrogens (tertiary/aromatic N) is 8. The minimum atomic E-state index is -0.725. The van der Waals surface area contributed by atoms with Crippen LogP contribution >= 0.6 is 15.9 Å². The molecule has 0 aliphatic carbocycles. The summed E-state index contributed by atoms with van der Waals surface area (Å²) in [6.45, 7) is 13.2. The Morgan fingerprint density at radius 2 is 1.07 bits per heavy atom. The van der Waals surface area contributed by atoms with Crippen molar-refractivity contribution >= 4 is 72.1 Å². The Balaban J connectivity index is 0.000000177. The zero-order valence-electron chi connectivity index (χ0n) is 41.6. The molecule has 0 amide bonds. The fourth-order valence-corrected chi connectivity index (χ4v) is 9.12. The van der Waals surface area contributed by atoms with E-state index in [1.807, 2.05) is 56.3 Å². The van der Waals surface area contributed by atoms with Crippen molar-refractivity contribution in [2.45, 2.75) is 34.1 Å². The number of nitrogens with one attached hydrogen (secondary N) is 2. The molecule has 9 aromatic rings. The summed E-state index contributed by atoms with van der Waals surface area (Å²) in [6.07, 6.45) is 8.00. The van der Waals surface area contributed by atoms with Crippen molar-refractivity contribution in [1.29, 1.82) is 0 Å². The fraction of sp³-hybridized carbons (Fsp3) is 0.228. The summed E-state index contributed by atoms with van der Waals surface area (Å²) >= 11 is 3.54. The first-order valence-corrected chi connectivity index (χ1v) is 25.3. The molecule has 0 radical (unpaired) electrons. The van der Waals surface area contributed by atoms with Gasteiger partial charge in [0.25, 0.3) is 0 Å². The van der Waals surface area contributed by atoms with Gasteiger partial charge in [-0.05, 0) is 71.7 Å². The van der Waals surface area contributed by atoms with Crippen LogP contribution in [0.2, 0.25) is 0 Å². The number of aromatic nitrogens is 6. The van der Waals surface area contributed by atoms with Crippen LogP contribution in [0.3, 0.4) is 0 Å². The molecule has 18 heteroatoms. The lowest BCUT2D eigenvalue weighted by molar-refractivity contribution is 0.122. The molecule has 0 spiro atoms. The number of ether oxygens (including phenoxy) is 2. The lowest BCUT2D eigenvalue weighted by Gasteiger charge is -2.28. The summed E-state index contributed by atoms with van der Waals surface area (Å²) < 4.78 is 70.4. The highest BCUT2D eigenvalue weighted by atomic mass is 79.9. The van der Waals surface area contributed by atoms with Crippen LogP contribution in [0.5, 0.6) is 5.75 Å². The predicted octanol–water partition coefficient (Wildman–Crippen LogP) is 13.3. The lowest BCUT2D eigenvalue weighted by atomic mass is 10.0. The highest BCUT2D eigenvalue weighted by molar-refractivity contribution is 9.10. The van der Waals surface area contributed by atoms with Crippen LogP contribution < -0.4 is 20.4 Å². The van der Waals surface area contributed by atoms with Crippen LogP contribution in [0.15, 0.2) is 126 Å². The molecule has 2 aliphatic heterocycles. The van der Waals surface area contributed by atoms with E-state index in [1.54, 1.807) is 55.1 Å². The predicted molar refractivity (Wildman–Crippen MR) is 291 cm³/mol. The number of rotatable bonds is 9. The van der Waals surface area contributed by atoms with Gasteiger partial charge in [0.05, 0.1) is 98.2 Å². The van der Waals surface area contributed by atoms with Crippen molar-refractivity contribution < 1.29 is 32.1 Å². The normalized spacial score (nSPS) is 13.5. The minimum absolute atomic E-state index is 0.111. The Kier molecular flexibility index (Phi) is 16.4. The molecule has 3 N–H and O–H groups in total. The molecular weight excluding hydrogens is 1030 g/mol. The maximum Gasteiger partial charge on any atom is 0.137 e. The number of hydrogen-bond donors (Lipinski definition) is 3. The molecule has 0 bridgehead atoms. The van der Waals surface area contributed by atoms with Crippen LogP contribution in [0.4, 0.5) is 51.9 Å².